The first-order valence-electron chi connectivity index (χ1n) is 9.36. The summed E-state index contributed by atoms with van der Waals surface area (Å²) < 4.78 is 5.62. The molecule has 6 nitrogen and oxygen atoms in total. The highest BCUT2D eigenvalue weighted by Crippen LogP contribution is 2.31. The summed E-state index contributed by atoms with van der Waals surface area (Å²) in [7, 11) is 0. The Morgan fingerprint density at radius 3 is 2.93 bits per heavy atom. The van der Waals surface area contributed by atoms with Gasteiger partial charge in [-0.2, -0.15) is 0 Å². The molecule has 148 valence electrons. The van der Waals surface area contributed by atoms with E-state index in [-0.39, 0.29) is 24.8 Å². The number of thiazole rings is 1. The van der Waals surface area contributed by atoms with Gasteiger partial charge < -0.3 is 10.1 Å². The Balaban J connectivity index is 1.50. The summed E-state index contributed by atoms with van der Waals surface area (Å²) in [6, 6.07) is 13.5. The Hall–Kier alpha value is -3.19. The van der Waals surface area contributed by atoms with Gasteiger partial charge in [0.15, 0.2) is 5.13 Å². The molecule has 2 aromatic carbocycles. The lowest BCUT2D eigenvalue weighted by molar-refractivity contribution is -0.121. The average molecular weight is 407 g/mol. The summed E-state index contributed by atoms with van der Waals surface area (Å²) in [5.41, 5.74) is 4.78. The molecule has 2 heterocycles. The number of amides is 2. The molecule has 0 radical (unpaired) electrons. The molecule has 0 atom stereocenters. The lowest BCUT2D eigenvalue weighted by atomic mass is 10.0. The zero-order valence-corrected chi connectivity index (χ0v) is 17.1. The summed E-state index contributed by atoms with van der Waals surface area (Å²) in [6.45, 7) is 4.30. The number of hydrogen-bond donors (Lipinski definition) is 1. The highest BCUT2D eigenvalue weighted by atomic mass is 32.1. The molecule has 7 heteroatoms. The van der Waals surface area contributed by atoms with Gasteiger partial charge in [-0.05, 0) is 37.6 Å². The minimum Gasteiger partial charge on any atom is -0.491 e. The summed E-state index contributed by atoms with van der Waals surface area (Å²) in [5, 5.41) is 5.26. The van der Waals surface area contributed by atoms with E-state index in [0.29, 0.717) is 23.2 Å². The molecule has 1 aromatic heterocycles. The Labute approximate surface area is 173 Å². The predicted molar refractivity (Wildman–Crippen MR) is 115 cm³/mol. The standard InChI is InChI=1S/C22H21N3O3S/c1-14-7-8-15(2)16(11-14)17-13-29-22(23-17)24-20(26)12-25-18-5-3-4-6-19(18)28-10-9-21(25)27/h3-8,11,13H,9-10,12H2,1-2H3,(H,23,24,26). The molecule has 4 rings (SSSR count). The molecule has 1 aliphatic heterocycles. The van der Waals surface area contributed by atoms with Gasteiger partial charge in [0.25, 0.3) is 0 Å². The molecule has 1 N–H and O–H groups in total. The maximum absolute atomic E-state index is 12.6. The molecule has 29 heavy (non-hydrogen) atoms. The number of aromatic nitrogens is 1. The van der Waals surface area contributed by atoms with Crippen molar-refractivity contribution in [3.05, 3.63) is 59.0 Å². The van der Waals surface area contributed by atoms with Gasteiger partial charge in [0, 0.05) is 10.9 Å². The topological polar surface area (TPSA) is 71.5 Å². The molecule has 0 fully saturated rings. The molecular formula is C22H21N3O3S. The van der Waals surface area contributed by atoms with E-state index in [1.54, 1.807) is 12.1 Å². The van der Waals surface area contributed by atoms with Gasteiger partial charge in [0.05, 0.1) is 24.4 Å². The van der Waals surface area contributed by atoms with Crippen molar-refractivity contribution in [3.63, 3.8) is 0 Å². The van der Waals surface area contributed by atoms with Crippen LogP contribution in [0.1, 0.15) is 17.5 Å². The lowest BCUT2D eigenvalue weighted by Gasteiger charge is -2.20. The second kappa shape index (κ2) is 8.05. The Kier molecular flexibility index (Phi) is 5.31. The van der Waals surface area contributed by atoms with E-state index < -0.39 is 0 Å². The predicted octanol–water partition coefficient (Wildman–Crippen LogP) is 4.18. The van der Waals surface area contributed by atoms with Crippen LogP contribution in [0.15, 0.2) is 47.8 Å². The number of benzene rings is 2. The van der Waals surface area contributed by atoms with E-state index in [0.717, 1.165) is 22.4 Å². The fourth-order valence-corrected chi connectivity index (χ4v) is 3.99. The van der Waals surface area contributed by atoms with Crippen LogP contribution in [-0.4, -0.2) is 29.9 Å². The number of nitrogens with one attached hydrogen (secondary N) is 1. The second-order valence-electron chi connectivity index (χ2n) is 6.95. The molecule has 0 saturated carbocycles. The first-order valence-corrected chi connectivity index (χ1v) is 10.2. The van der Waals surface area contributed by atoms with E-state index in [1.807, 2.05) is 31.4 Å². The van der Waals surface area contributed by atoms with Gasteiger partial charge in [-0.3, -0.25) is 14.5 Å². The Morgan fingerprint density at radius 1 is 1.24 bits per heavy atom. The van der Waals surface area contributed by atoms with Crippen molar-refractivity contribution in [2.75, 3.05) is 23.4 Å². The fourth-order valence-electron chi connectivity index (χ4n) is 3.26. The van der Waals surface area contributed by atoms with Crippen LogP contribution in [0.2, 0.25) is 0 Å². The third-order valence-corrected chi connectivity index (χ3v) is 5.51. The van der Waals surface area contributed by atoms with E-state index in [1.165, 1.54) is 16.2 Å². The van der Waals surface area contributed by atoms with Crippen molar-refractivity contribution in [1.82, 2.24) is 4.98 Å². The van der Waals surface area contributed by atoms with Crippen molar-refractivity contribution in [3.8, 4) is 17.0 Å². The van der Waals surface area contributed by atoms with Crippen LogP contribution in [0, 0.1) is 13.8 Å². The van der Waals surface area contributed by atoms with E-state index >= 15 is 0 Å². The van der Waals surface area contributed by atoms with Crippen molar-refractivity contribution >= 4 is 34.0 Å². The normalized spacial score (nSPS) is 13.4. The number of nitrogens with zero attached hydrogens (tertiary/aromatic N) is 2. The molecule has 2 amide bonds. The van der Waals surface area contributed by atoms with Crippen LogP contribution in [0.3, 0.4) is 0 Å². The quantitative estimate of drug-likeness (QED) is 0.704. The van der Waals surface area contributed by atoms with Crippen LogP contribution < -0.4 is 15.0 Å². The third-order valence-electron chi connectivity index (χ3n) is 4.75. The number of fused-ring (bicyclic) bond motifs is 1. The number of carbonyl (C=O) groups is 2. The Bertz CT molecular complexity index is 1080. The van der Waals surface area contributed by atoms with Crippen LogP contribution in [-0.2, 0) is 9.59 Å². The molecule has 0 bridgehead atoms. The largest absolute Gasteiger partial charge is 0.491 e. The number of para-hydroxylation sites is 2. The van der Waals surface area contributed by atoms with Crippen LogP contribution in [0.4, 0.5) is 10.8 Å². The van der Waals surface area contributed by atoms with Gasteiger partial charge in [0.2, 0.25) is 11.8 Å². The minimum atomic E-state index is -0.295. The molecule has 0 spiro atoms. The number of carbonyl (C=O) groups excluding carboxylic acids is 2. The number of hydrogen-bond acceptors (Lipinski definition) is 5. The van der Waals surface area contributed by atoms with Crippen molar-refractivity contribution in [1.29, 1.82) is 0 Å². The number of rotatable bonds is 4. The first kappa shape index (κ1) is 19.1. The monoisotopic (exact) mass is 407 g/mol. The maximum atomic E-state index is 12.6. The zero-order chi connectivity index (χ0) is 20.4. The van der Waals surface area contributed by atoms with Crippen molar-refractivity contribution < 1.29 is 14.3 Å². The summed E-state index contributed by atoms with van der Waals surface area (Å²) in [4.78, 5) is 31.1. The zero-order valence-electron chi connectivity index (χ0n) is 16.3. The van der Waals surface area contributed by atoms with Crippen LogP contribution >= 0.6 is 11.3 Å². The lowest BCUT2D eigenvalue weighted by Crippen LogP contribution is -2.37. The van der Waals surface area contributed by atoms with E-state index in [2.05, 4.69) is 28.5 Å². The van der Waals surface area contributed by atoms with Crippen LogP contribution in [0.25, 0.3) is 11.3 Å². The van der Waals surface area contributed by atoms with Gasteiger partial charge in [-0.15, -0.1) is 11.3 Å². The smallest absolute Gasteiger partial charge is 0.246 e. The first-order chi connectivity index (χ1) is 14.0. The van der Waals surface area contributed by atoms with E-state index in [4.69, 9.17) is 4.74 Å². The molecular weight excluding hydrogens is 386 g/mol. The summed E-state index contributed by atoms with van der Waals surface area (Å²) in [6.07, 6.45) is 0.232. The fraction of sp³-hybridized carbons (Fsp3) is 0.227. The van der Waals surface area contributed by atoms with E-state index in [9.17, 15) is 9.59 Å². The van der Waals surface area contributed by atoms with Crippen molar-refractivity contribution in [2.24, 2.45) is 0 Å². The average Bonchev–Trinajstić information content (AvgIpc) is 3.10. The number of ether oxygens (including phenoxy) is 1. The summed E-state index contributed by atoms with van der Waals surface area (Å²) in [5.74, 6) is 0.176. The van der Waals surface area contributed by atoms with Gasteiger partial charge in [-0.25, -0.2) is 4.98 Å². The maximum Gasteiger partial charge on any atom is 0.246 e. The minimum absolute atomic E-state index is 0.0857. The Morgan fingerprint density at radius 2 is 2.07 bits per heavy atom. The van der Waals surface area contributed by atoms with Gasteiger partial charge in [0.1, 0.15) is 12.3 Å². The third kappa shape index (κ3) is 4.14. The van der Waals surface area contributed by atoms with Crippen LogP contribution in [0.5, 0.6) is 5.75 Å². The molecule has 0 unspecified atom stereocenters. The number of anilines is 2. The van der Waals surface area contributed by atoms with Gasteiger partial charge in [-0.1, -0.05) is 29.8 Å². The molecule has 0 aliphatic carbocycles. The molecule has 1 aliphatic rings. The SMILES string of the molecule is Cc1ccc(C)c(-c2csc(NC(=O)CN3C(=O)CCOc4ccccc43)n2)c1. The second-order valence-corrected chi connectivity index (χ2v) is 7.81. The molecule has 3 aromatic rings. The van der Waals surface area contributed by atoms with Crippen molar-refractivity contribution in [2.45, 2.75) is 20.3 Å². The highest BCUT2D eigenvalue weighted by molar-refractivity contribution is 7.14. The van der Waals surface area contributed by atoms with Gasteiger partial charge >= 0.3 is 0 Å². The summed E-state index contributed by atoms with van der Waals surface area (Å²) >= 11 is 1.37. The highest BCUT2D eigenvalue weighted by Gasteiger charge is 2.25. The number of aryl methyl sites for hydroxylation is 2. The molecule has 0 saturated heterocycles.